The zero-order chi connectivity index (χ0) is 18.8. The molecule has 2 aromatic rings. The smallest absolute Gasteiger partial charge is 0.422 e. The Balaban J connectivity index is 2.32. The van der Waals surface area contributed by atoms with Gasteiger partial charge in [-0.1, -0.05) is 24.3 Å². The summed E-state index contributed by atoms with van der Waals surface area (Å²) in [5, 5.41) is 0. The van der Waals surface area contributed by atoms with Crippen molar-refractivity contribution in [1.82, 2.24) is 0 Å². The lowest BCUT2D eigenvalue weighted by molar-refractivity contribution is -0.143. The third-order valence-corrected chi connectivity index (χ3v) is 3.39. The van der Waals surface area contributed by atoms with Gasteiger partial charge in [-0.3, -0.25) is 0 Å². The van der Waals surface area contributed by atoms with E-state index in [1.807, 2.05) is 0 Å². The molecule has 0 amide bonds. The lowest BCUT2D eigenvalue weighted by atomic mass is 10.0. The number of halogens is 7. The van der Waals surface area contributed by atoms with E-state index in [1.54, 1.807) is 24.3 Å². The normalized spacial score (nSPS) is 12.0. The highest BCUT2D eigenvalue weighted by Crippen LogP contribution is 2.37. The average Bonchev–Trinajstić information content (AvgIpc) is 2.55. The van der Waals surface area contributed by atoms with Crippen LogP contribution in [0.2, 0.25) is 0 Å². The fourth-order valence-electron chi connectivity index (χ4n) is 2.13. The van der Waals surface area contributed by atoms with E-state index in [4.69, 9.17) is 4.74 Å². The van der Waals surface area contributed by atoms with Gasteiger partial charge >= 0.3 is 6.18 Å². The second kappa shape index (κ2) is 7.16. The molecule has 0 atom stereocenters. The molecule has 2 aromatic carbocycles. The number of hydrogen-bond acceptors (Lipinski definition) is 1. The number of alkyl halides is 3. The molecule has 0 aliphatic carbocycles. The van der Waals surface area contributed by atoms with Crippen LogP contribution in [-0.2, 0) is 12.6 Å². The topological polar surface area (TPSA) is 9.23 Å². The molecule has 0 radical (unpaired) electrons. The summed E-state index contributed by atoms with van der Waals surface area (Å²) >= 11 is 0. The Labute approximate surface area is 138 Å². The first-order valence-electron chi connectivity index (χ1n) is 6.89. The fraction of sp³-hybridized carbons (Fsp3) is 0.176. The summed E-state index contributed by atoms with van der Waals surface area (Å²) in [4.78, 5) is 0. The number of rotatable bonds is 4. The van der Waals surface area contributed by atoms with E-state index in [0.29, 0.717) is 11.3 Å². The molecule has 0 aliphatic rings. The molecule has 0 aromatic heterocycles. The van der Waals surface area contributed by atoms with Gasteiger partial charge in [0.15, 0.2) is 23.3 Å². The van der Waals surface area contributed by atoms with Crippen molar-refractivity contribution in [2.24, 2.45) is 0 Å². The fourth-order valence-corrected chi connectivity index (χ4v) is 2.13. The summed E-state index contributed by atoms with van der Waals surface area (Å²) in [5.74, 6) is -8.48. The van der Waals surface area contributed by atoms with Crippen LogP contribution < -0.4 is 4.74 Å². The second-order valence-corrected chi connectivity index (χ2v) is 4.99. The van der Waals surface area contributed by atoms with Crippen LogP contribution in [0.3, 0.4) is 0 Å². The number of hydrogen-bond donors (Lipinski definition) is 0. The number of benzene rings is 2. The molecular formula is C17H11F7O. The minimum Gasteiger partial charge on any atom is -0.497 e. The molecule has 8 heteroatoms. The number of methoxy groups -OCH3 is 1. The lowest BCUT2D eigenvalue weighted by Gasteiger charge is -2.13. The largest absolute Gasteiger partial charge is 0.497 e. The monoisotopic (exact) mass is 364 g/mol. The van der Waals surface area contributed by atoms with Crippen molar-refractivity contribution < 1.29 is 35.5 Å². The Kier molecular flexibility index (Phi) is 5.39. The second-order valence-electron chi connectivity index (χ2n) is 4.99. The summed E-state index contributed by atoms with van der Waals surface area (Å²) in [5.41, 5.74) is -3.10. The molecule has 0 spiro atoms. The van der Waals surface area contributed by atoms with E-state index in [0.717, 1.165) is 0 Å². The average molecular weight is 364 g/mol. The van der Waals surface area contributed by atoms with Crippen LogP contribution >= 0.6 is 0 Å². The van der Waals surface area contributed by atoms with Gasteiger partial charge in [-0.25, -0.2) is 17.6 Å². The SMILES string of the molecule is COc1ccc(/C=C/Cc2c(F)c(F)c(C(F)(F)F)c(F)c2F)cc1. The predicted octanol–water partition coefficient (Wildman–Crippen LogP) is 5.53. The van der Waals surface area contributed by atoms with Gasteiger partial charge in [0.2, 0.25) is 0 Å². The third kappa shape index (κ3) is 3.94. The molecule has 0 fully saturated rings. The van der Waals surface area contributed by atoms with Crippen molar-refractivity contribution in [1.29, 1.82) is 0 Å². The first-order chi connectivity index (χ1) is 11.7. The molecule has 25 heavy (non-hydrogen) atoms. The van der Waals surface area contributed by atoms with Gasteiger partial charge in [-0.05, 0) is 24.1 Å². The molecule has 2 rings (SSSR count). The molecular weight excluding hydrogens is 353 g/mol. The van der Waals surface area contributed by atoms with Gasteiger partial charge in [0.25, 0.3) is 0 Å². The molecule has 0 saturated heterocycles. The van der Waals surface area contributed by atoms with Crippen molar-refractivity contribution in [2.45, 2.75) is 12.6 Å². The van der Waals surface area contributed by atoms with E-state index in [-0.39, 0.29) is 0 Å². The van der Waals surface area contributed by atoms with Crippen LogP contribution in [0.25, 0.3) is 6.08 Å². The van der Waals surface area contributed by atoms with Gasteiger partial charge in [0.05, 0.1) is 7.11 Å². The van der Waals surface area contributed by atoms with E-state index in [1.165, 1.54) is 19.3 Å². The maximum atomic E-state index is 13.7. The highest BCUT2D eigenvalue weighted by Gasteiger charge is 2.42. The zero-order valence-electron chi connectivity index (χ0n) is 12.7. The van der Waals surface area contributed by atoms with E-state index in [2.05, 4.69) is 0 Å². The Morgan fingerprint density at radius 3 is 1.84 bits per heavy atom. The molecule has 0 unspecified atom stereocenters. The van der Waals surface area contributed by atoms with Crippen LogP contribution in [0, 0.1) is 23.3 Å². The van der Waals surface area contributed by atoms with Crippen LogP contribution in [0.5, 0.6) is 5.75 Å². The molecule has 1 nitrogen and oxygen atoms in total. The molecule has 0 aliphatic heterocycles. The van der Waals surface area contributed by atoms with Crippen LogP contribution in [0.1, 0.15) is 16.7 Å². The quantitative estimate of drug-likeness (QED) is 0.512. The summed E-state index contributed by atoms with van der Waals surface area (Å²) in [6.45, 7) is 0. The molecule has 0 N–H and O–H groups in total. The lowest BCUT2D eigenvalue weighted by Crippen LogP contribution is -2.17. The van der Waals surface area contributed by atoms with Crippen molar-refractivity contribution in [3.8, 4) is 5.75 Å². The Morgan fingerprint density at radius 2 is 1.40 bits per heavy atom. The molecule has 0 saturated carbocycles. The van der Waals surface area contributed by atoms with Gasteiger partial charge < -0.3 is 4.74 Å². The maximum Gasteiger partial charge on any atom is 0.422 e. The maximum absolute atomic E-state index is 13.7. The molecule has 134 valence electrons. The van der Waals surface area contributed by atoms with Crippen molar-refractivity contribution in [3.63, 3.8) is 0 Å². The summed E-state index contributed by atoms with van der Waals surface area (Å²) in [6.07, 6.45) is -3.61. The molecule has 0 heterocycles. The van der Waals surface area contributed by atoms with Gasteiger partial charge in [-0.2, -0.15) is 13.2 Å². The first kappa shape index (κ1) is 18.8. The minimum atomic E-state index is -5.55. The summed E-state index contributed by atoms with van der Waals surface area (Å²) in [7, 11) is 1.46. The van der Waals surface area contributed by atoms with Gasteiger partial charge in [0, 0.05) is 5.56 Å². The van der Waals surface area contributed by atoms with Gasteiger partial charge in [-0.15, -0.1) is 0 Å². The zero-order valence-corrected chi connectivity index (χ0v) is 12.7. The Morgan fingerprint density at radius 1 is 0.880 bits per heavy atom. The van der Waals surface area contributed by atoms with Crippen LogP contribution in [0.4, 0.5) is 30.7 Å². The van der Waals surface area contributed by atoms with Gasteiger partial charge in [0.1, 0.15) is 11.3 Å². The standard InChI is InChI=1S/C17H11F7O/c1-25-10-7-5-9(6-8-10)3-2-4-11-13(18)15(20)12(17(22,23)24)16(21)14(11)19/h2-3,5-8H,4H2,1H3/b3-2+. The van der Waals surface area contributed by atoms with E-state index < -0.39 is 47.0 Å². The minimum absolute atomic E-state index is 0.570. The summed E-state index contributed by atoms with van der Waals surface area (Å²) in [6, 6.07) is 6.43. The summed E-state index contributed by atoms with van der Waals surface area (Å²) < 4.78 is 96.9. The highest BCUT2D eigenvalue weighted by molar-refractivity contribution is 5.51. The van der Waals surface area contributed by atoms with Crippen molar-refractivity contribution in [3.05, 3.63) is 70.3 Å². The third-order valence-electron chi connectivity index (χ3n) is 3.39. The highest BCUT2D eigenvalue weighted by atomic mass is 19.4. The molecule has 0 bridgehead atoms. The van der Waals surface area contributed by atoms with Crippen LogP contribution in [-0.4, -0.2) is 7.11 Å². The Bertz CT molecular complexity index is 763. The number of allylic oxidation sites excluding steroid dienone is 1. The predicted molar refractivity (Wildman–Crippen MR) is 77.0 cm³/mol. The Hall–Kier alpha value is -2.51. The number of ether oxygens (including phenoxy) is 1. The van der Waals surface area contributed by atoms with E-state index in [9.17, 15) is 30.7 Å². The van der Waals surface area contributed by atoms with Crippen LogP contribution in [0.15, 0.2) is 30.3 Å². The van der Waals surface area contributed by atoms with Crippen molar-refractivity contribution in [2.75, 3.05) is 7.11 Å². The van der Waals surface area contributed by atoms with Crippen molar-refractivity contribution >= 4 is 6.08 Å². The first-order valence-corrected chi connectivity index (χ1v) is 6.89. The van der Waals surface area contributed by atoms with E-state index >= 15 is 0 Å².